The highest BCUT2D eigenvalue weighted by Crippen LogP contribution is 2.45. The molecule has 0 amide bonds. The Morgan fingerprint density at radius 2 is 0.539 bits per heavy atom. The van der Waals surface area contributed by atoms with Gasteiger partial charge in [-0.3, -0.25) is 37.3 Å². The molecule has 4 unspecified atom stereocenters. The Bertz CT molecular complexity index is 1770. The highest BCUT2D eigenvalue weighted by Gasteiger charge is 2.30. The van der Waals surface area contributed by atoms with E-state index in [9.17, 15) is 43.2 Å². The zero-order chi connectivity index (χ0) is 66.1. The van der Waals surface area contributed by atoms with Crippen LogP contribution in [0.4, 0.5) is 0 Å². The molecule has 0 spiro atoms. The molecule has 0 radical (unpaired) electrons. The van der Waals surface area contributed by atoms with Crippen LogP contribution in [0, 0.1) is 23.7 Å². The number of unbranched alkanes of at least 4 members (excludes halogenated alkanes) is 32. The highest BCUT2D eigenvalue weighted by atomic mass is 31.2. The lowest BCUT2D eigenvalue weighted by atomic mass is 9.99. The smallest absolute Gasteiger partial charge is 0.462 e. The van der Waals surface area contributed by atoms with Crippen LogP contribution in [0.15, 0.2) is 0 Å². The largest absolute Gasteiger partial charge is 0.472 e. The number of hydrogen-bond donors (Lipinski definition) is 3. The summed E-state index contributed by atoms with van der Waals surface area (Å²) in [6.45, 7) is 14.0. The van der Waals surface area contributed by atoms with E-state index in [0.717, 1.165) is 115 Å². The molecule has 0 fully saturated rings. The molecular formula is C70H136O17P2. The van der Waals surface area contributed by atoms with E-state index < -0.39 is 97.5 Å². The summed E-state index contributed by atoms with van der Waals surface area (Å²) in [5.74, 6) is 0.823. The molecule has 19 heteroatoms. The maximum atomic E-state index is 13.0. The van der Waals surface area contributed by atoms with Crippen molar-refractivity contribution in [2.45, 2.75) is 363 Å². The number of hydrogen-bond acceptors (Lipinski definition) is 15. The van der Waals surface area contributed by atoms with E-state index in [1.807, 2.05) is 0 Å². The monoisotopic (exact) mass is 1310 g/mol. The van der Waals surface area contributed by atoms with Crippen molar-refractivity contribution in [3.8, 4) is 0 Å². The van der Waals surface area contributed by atoms with Crippen LogP contribution >= 0.6 is 15.6 Å². The second-order valence-corrected chi connectivity index (χ2v) is 29.8. The van der Waals surface area contributed by atoms with Crippen molar-refractivity contribution in [1.82, 2.24) is 0 Å². The van der Waals surface area contributed by atoms with Gasteiger partial charge in [-0.2, -0.15) is 0 Å². The molecule has 0 aromatic heterocycles. The maximum Gasteiger partial charge on any atom is 0.472 e. The summed E-state index contributed by atoms with van der Waals surface area (Å²) in [5, 5.41) is 10.6. The van der Waals surface area contributed by atoms with Gasteiger partial charge in [-0.25, -0.2) is 9.13 Å². The summed E-state index contributed by atoms with van der Waals surface area (Å²) in [5.41, 5.74) is 0. The van der Waals surface area contributed by atoms with E-state index in [1.54, 1.807) is 0 Å². The van der Waals surface area contributed by atoms with E-state index in [2.05, 4.69) is 55.4 Å². The zero-order valence-corrected chi connectivity index (χ0v) is 59.8. The summed E-state index contributed by atoms with van der Waals surface area (Å²) >= 11 is 0. The number of carbonyl (C=O) groups is 4. The van der Waals surface area contributed by atoms with Gasteiger partial charge in [0.2, 0.25) is 0 Å². The van der Waals surface area contributed by atoms with Gasteiger partial charge in [0.25, 0.3) is 0 Å². The molecule has 17 nitrogen and oxygen atoms in total. The van der Waals surface area contributed by atoms with Gasteiger partial charge in [0.1, 0.15) is 19.3 Å². The zero-order valence-electron chi connectivity index (χ0n) is 58.1. The Morgan fingerprint density at radius 1 is 0.315 bits per heavy atom. The molecule has 89 heavy (non-hydrogen) atoms. The quantitative estimate of drug-likeness (QED) is 0.0222. The van der Waals surface area contributed by atoms with Crippen molar-refractivity contribution in [2.24, 2.45) is 23.7 Å². The topological polar surface area (TPSA) is 237 Å². The fourth-order valence-electron chi connectivity index (χ4n) is 10.5. The summed E-state index contributed by atoms with van der Waals surface area (Å²) in [6, 6.07) is 0. The van der Waals surface area contributed by atoms with Gasteiger partial charge in [0, 0.05) is 25.7 Å². The molecule has 0 aliphatic rings. The van der Waals surface area contributed by atoms with Crippen molar-refractivity contribution in [1.29, 1.82) is 0 Å². The van der Waals surface area contributed by atoms with Crippen LogP contribution in [0.2, 0.25) is 0 Å². The molecule has 0 bridgehead atoms. The van der Waals surface area contributed by atoms with Crippen LogP contribution in [0.3, 0.4) is 0 Å². The van der Waals surface area contributed by atoms with Crippen molar-refractivity contribution >= 4 is 39.5 Å². The van der Waals surface area contributed by atoms with Crippen LogP contribution in [0.5, 0.6) is 0 Å². The summed E-state index contributed by atoms with van der Waals surface area (Å²) in [7, 11) is -9.90. The van der Waals surface area contributed by atoms with Crippen LogP contribution < -0.4 is 0 Å². The Kier molecular flexibility index (Phi) is 58.5. The van der Waals surface area contributed by atoms with Crippen LogP contribution in [0.25, 0.3) is 0 Å². The number of rotatable bonds is 67. The standard InChI is InChI=1S/C70H136O17P2/c1-9-63(8)49-41-33-24-19-20-26-37-45-53-70(75)87-66(57-81-68(73)51-43-35-29-28-32-40-48-62(6)7)59-85-89(78,79)83-55-64(71)54-82-88(76,77)84-58-65(56-80-67(72)50-42-34-27-21-23-31-39-47-61(4)5)86-69(74)52-44-36-25-18-16-14-12-10-11-13-15-17-22-30-38-46-60(2)3/h60-66,71H,9-59H2,1-8H3,(H,76,77)(H,78,79)/t63?,64?,65-,66-/m1/s1. The minimum absolute atomic E-state index is 0.103. The molecule has 0 heterocycles. The molecule has 0 aliphatic carbocycles. The third kappa shape index (κ3) is 63.2. The average Bonchev–Trinajstić information content (AvgIpc) is 3.70. The van der Waals surface area contributed by atoms with Gasteiger partial charge in [-0.15, -0.1) is 0 Å². The van der Waals surface area contributed by atoms with Gasteiger partial charge in [0.05, 0.1) is 26.4 Å². The fraction of sp³-hybridized carbons (Fsp3) is 0.943. The second kappa shape index (κ2) is 59.8. The second-order valence-electron chi connectivity index (χ2n) is 26.9. The lowest BCUT2D eigenvalue weighted by Crippen LogP contribution is -2.30. The Labute approximate surface area is 543 Å². The van der Waals surface area contributed by atoms with Crippen molar-refractivity contribution < 1.29 is 80.2 Å². The Morgan fingerprint density at radius 3 is 0.798 bits per heavy atom. The molecule has 0 rings (SSSR count). The number of phosphoric acid groups is 2. The number of aliphatic hydroxyl groups excluding tert-OH is 1. The summed E-state index contributed by atoms with van der Waals surface area (Å²) in [6.07, 6.45) is 41.9. The molecular weight excluding hydrogens is 1170 g/mol. The molecule has 0 aliphatic heterocycles. The maximum absolute atomic E-state index is 13.0. The van der Waals surface area contributed by atoms with Crippen LogP contribution in [0.1, 0.15) is 344 Å². The first kappa shape index (κ1) is 87.1. The van der Waals surface area contributed by atoms with E-state index in [4.69, 9.17) is 37.0 Å². The Balaban J connectivity index is 5.21. The molecule has 528 valence electrons. The summed E-state index contributed by atoms with van der Waals surface area (Å²) in [4.78, 5) is 72.5. The number of aliphatic hydroxyl groups is 1. The van der Waals surface area contributed by atoms with Crippen molar-refractivity contribution in [3.63, 3.8) is 0 Å². The van der Waals surface area contributed by atoms with E-state index in [0.29, 0.717) is 37.5 Å². The number of ether oxygens (including phenoxy) is 4. The molecule has 0 aromatic carbocycles. The third-order valence-corrected chi connectivity index (χ3v) is 18.3. The van der Waals surface area contributed by atoms with Crippen LogP contribution in [-0.2, 0) is 65.4 Å². The van der Waals surface area contributed by atoms with E-state index >= 15 is 0 Å². The number of carbonyl (C=O) groups excluding carboxylic acids is 4. The van der Waals surface area contributed by atoms with Gasteiger partial charge in [-0.05, 0) is 49.4 Å². The number of esters is 4. The molecule has 0 saturated carbocycles. The van der Waals surface area contributed by atoms with Crippen LogP contribution in [-0.4, -0.2) is 96.7 Å². The van der Waals surface area contributed by atoms with Gasteiger partial charge >= 0.3 is 39.5 Å². The van der Waals surface area contributed by atoms with Gasteiger partial charge in [0.15, 0.2) is 12.2 Å². The van der Waals surface area contributed by atoms with Gasteiger partial charge in [-0.1, -0.05) is 293 Å². The SMILES string of the molecule is CCC(C)CCCCCCCCCCC(=O)O[C@H](COC(=O)CCCCCCCCC(C)C)COP(=O)(O)OCC(O)COP(=O)(O)OC[C@@H](COC(=O)CCCCCCCCCC(C)C)OC(=O)CCCCCCCCCCCCCCCCCC(C)C. The highest BCUT2D eigenvalue weighted by molar-refractivity contribution is 7.47. The molecule has 0 saturated heterocycles. The predicted octanol–water partition coefficient (Wildman–Crippen LogP) is 19.7. The first-order valence-electron chi connectivity index (χ1n) is 36.2. The lowest BCUT2D eigenvalue weighted by molar-refractivity contribution is -0.161. The van der Waals surface area contributed by atoms with Crippen molar-refractivity contribution in [3.05, 3.63) is 0 Å². The minimum Gasteiger partial charge on any atom is -0.462 e. The fourth-order valence-corrected chi connectivity index (χ4v) is 12.0. The van der Waals surface area contributed by atoms with E-state index in [1.165, 1.54) is 135 Å². The number of phosphoric ester groups is 2. The predicted molar refractivity (Wildman–Crippen MR) is 358 cm³/mol. The first-order valence-corrected chi connectivity index (χ1v) is 39.2. The average molecular weight is 1310 g/mol. The normalized spacial score (nSPS) is 14.6. The first-order chi connectivity index (χ1) is 42.6. The minimum atomic E-state index is -4.95. The molecule has 3 N–H and O–H groups in total. The Hall–Kier alpha value is -1.94. The van der Waals surface area contributed by atoms with E-state index in [-0.39, 0.29) is 25.7 Å². The summed E-state index contributed by atoms with van der Waals surface area (Å²) < 4.78 is 68.2. The third-order valence-electron chi connectivity index (χ3n) is 16.4. The molecule has 0 aromatic rings. The lowest BCUT2D eigenvalue weighted by Gasteiger charge is -2.21. The molecule has 6 atom stereocenters. The van der Waals surface area contributed by atoms with Crippen molar-refractivity contribution in [2.75, 3.05) is 39.6 Å². The van der Waals surface area contributed by atoms with Gasteiger partial charge < -0.3 is 33.8 Å².